The second-order valence-corrected chi connectivity index (χ2v) is 9.66. The van der Waals surface area contributed by atoms with E-state index in [-0.39, 0.29) is 5.56 Å². The zero-order valence-electron chi connectivity index (χ0n) is 22.3. The molecular weight excluding hydrogens is 510 g/mol. The highest BCUT2D eigenvalue weighted by Gasteiger charge is 2.31. The summed E-state index contributed by atoms with van der Waals surface area (Å²) in [6, 6.07) is 11.7. The number of pyridine rings is 1. The molecule has 0 bridgehead atoms. The molecule has 2 N–H and O–H groups in total. The molecule has 0 atom stereocenters. The molecule has 1 aromatic carbocycles. The average Bonchev–Trinajstić information content (AvgIpc) is 3.73. The first kappa shape index (κ1) is 25.2. The third-order valence-corrected chi connectivity index (χ3v) is 7.09. The van der Waals surface area contributed by atoms with Crippen LogP contribution in [0.3, 0.4) is 0 Å². The van der Waals surface area contributed by atoms with Crippen LogP contribution in [0.25, 0.3) is 27.9 Å². The number of nitrogens with one attached hydrogen (secondary N) is 2. The first-order chi connectivity index (χ1) is 19.4. The SMILES string of the molecule is COc1cnc(-c2cc(C)[nH]n2)c2[nH]cc(C(=O)C(=O)N3CCC(=C(c4ccccc4)c4nnc(C)o4)CC3)c12. The van der Waals surface area contributed by atoms with Gasteiger partial charge >= 0.3 is 0 Å². The summed E-state index contributed by atoms with van der Waals surface area (Å²) >= 11 is 0. The van der Waals surface area contributed by atoms with Crippen molar-refractivity contribution in [1.29, 1.82) is 0 Å². The minimum absolute atomic E-state index is 0.236. The minimum Gasteiger partial charge on any atom is -0.494 e. The van der Waals surface area contributed by atoms with E-state index in [0.717, 1.165) is 22.4 Å². The van der Waals surface area contributed by atoms with Gasteiger partial charge in [-0.3, -0.25) is 14.7 Å². The van der Waals surface area contributed by atoms with E-state index in [1.807, 2.05) is 43.3 Å². The maximum absolute atomic E-state index is 13.5. The number of piperidine rings is 1. The number of hydrogen-bond donors (Lipinski definition) is 2. The third kappa shape index (κ3) is 4.45. The van der Waals surface area contributed by atoms with Gasteiger partial charge in [-0.15, -0.1) is 10.2 Å². The van der Waals surface area contributed by atoms with Gasteiger partial charge in [-0.05, 0) is 31.4 Å². The molecule has 1 saturated heterocycles. The molecule has 11 nitrogen and oxygen atoms in total. The predicted octanol–water partition coefficient (Wildman–Crippen LogP) is 4.27. The number of aromatic nitrogens is 6. The maximum Gasteiger partial charge on any atom is 0.295 e. The van der Waals surface area contributed by atoms with Gasteiger partial charge in [0.25, 0.3) is 11.7 Å². The van der Waals surface area contributed by atoms with Gasteiger partial charge in [0, 0.05) is 37.5 Å². The fourth-order valence-electron chi connectivity index (χ4n) is 5.16. The Kier molecular flexibility index (Phi) is 6.47. The Morgan fingerprint density at radius 3 is 2.50 bits per heavy atom. The lowest BCUT2D eigenvalue weighted by Gasteiger charge is -2.29. The predicted molar refractivity (Wildman–Crippen MR) is 147 cm³/mol. The number of ketones is 1. The third-order valence-electron chi connectivity index (χ3n) is 7.09. The van der Waals surface area contributed by atoms with E-state index in [1.54, 1.807) is 24.2 Å². The summed E-state index contributed by atoms with van der Waals surface area (Å²) in [5, 5.41) is 16.0. The van der Waals surface area contributed by atoms with Gasteiger partial charge in [-0.2, -0.15) is 5.10 Å². The van der Waals surface area contributed by atoms with E-state index in [1.165, 1.54) is 7.11 Å². The van der Waals surface area contributed by atoms with Crippen LogP contribution >= 0.6 is 0 Å². The number of nitrogens with zero attached hydrogens (tertiary/aromatic N) is 5. The highest BCUT2D eigenvalue weighted by Crippen LogP contribution is 2.35. The summed E-state index contributed by atoms with van der Waals surface area (Å²) in [5.41, 5.74) is 5.83. The van der Waals surface area contributed by atoms with Gasteiger partial charge in [0.2, 0.25) is 11.8 Å². The van der Waals surface area contributed by atoms with Gasteiger partial charge in [-0.1, -0.05) is 35.9 Å². The maximum atomic E-state index is 13.5. The summed E-state index contributed by atoms with van der Waals surface area (Å²) in [6.07, 6.45) is 4.24. The second kappa shape index (κ2) is 10.3. The number of rotatable bonds is 6. The Labute approximate surface area is 229 Å². The normalized spacial score (nSPS) is 13.6. The summed E-state index contributed by atoms with van der Waals surface area (Å²) in [7, 11) is 1.51. The Morgan fingerprint density at radius 1 is 1.07 bits per heavy atom. The number of fused-ring (bicyclic) bond motifs is 1. The molecule has 0 spiro atoms. The van der Waals surface area contributed by atoms with E-state index >= 15 is 0 Å². The number of carbonyl (C=O) groups excluding carboxylic acids is 2. The molecule has 0 aliphatic carbocycles. The standard InChI is InChI=1S/C29H27N7O4/c1-16-13-21(34-32-16)25-26-24(22(39-3)15-31-25)20(14-30-26)27(37)29(38)36-11-9-19(10-12-36)23(18-7-5-4-6-8-18)28-35-33-17(2)40-28/h4-8,13-15,30H,9-12H2,1-3H3,(H,32,34). The topological polar surface area (TPSA) is 143 Å². The Hall–Kier alpha value is -5.06. The molecule has 202 valence electrons. The molecule has 0 saturated carbocycles. The summed E-state index contributed by atoms with van der Waals surface area (Å²) in [4.78, 5) is 36.2. The fraction of sp³-hybridized carbons (Fsp3) is 0.241. The van der Waals surface area contributed by atoms with Crippen LogP contribution in [0.4, 0.5) is 0 Å². The molecule has 0 radical (unpaired) electrons. The first-order valence-electron chi connectivity index (χ1n) is 12.9. The van der Waals surface area contributed by atoms with Crippen molar-refractivity contribution < 1.29 is 18.7 Å². The van der Waals surface area contributed by atoms with Crippen LogP contribution in [-0.4, -0.2) is 67.2 Å². The van der Waals surface area contributed by atoms with Gasteiger partial charge in [0.15, 0.2) is 0 Å². The molecule has 0 unspecified atom stereocenters. The lowest BCUT2D eigenvalue weighted by Crippen LogP contribution is -2.40. The quantitative estimate of drug-likeness (QED) is 0.242. The largest absolute Gasteiger partial charge is 0.494 e. The van der Waals surface area contributed by atoms with Crippen molar-refractivity contribution in [3.8, 4) is 17.1 Å². The van der Waals surface area contributed by atoms with Crippen molar-refractivity contribution in [3.05, 3.63) is 83.0 Å². The summed E-state index contributed by atoms with van der Waals surface area (Å²) in [6.45, 7) is 4.43. The lowest BCUT2D eigenvalue weighted by molar-refractivity contribution is -0.126. The molecule has 5 heterocycles. The van der Waals surface area contributed by atoms with Crippen LogP contribution in [0, 0.1) is 13.8 Å². The smallest absolute Gasteiger partial charge is 0.295 e. The fourth-order valence-corrected chi connectivity index (χ4v) is 5.16. The average molecular weight is 538 g/mol. The number of hydrogen-bond acceptors (Lipinski definition) is 8. The Morgan fingerprint density at radius 2 is 1.85 bits per heavy atom. The molecular formula is C29H27N7O4. The number of ether oxygens (including phenoxy) is 1. The van der Waals surface area contributed by atoms with E-state index in [0.29, 0.717) is 65.8 Å². The van der Waals surface area contributed by atoms with Gasteiger partial charge in [-0.25, -0.2) is 4.98 Å². The Bertz CT molecular complexity index is 1750. The highest BCUT2D eigenvalue weighted by molar-refractivity contribution is 6.45. The van der Waals surface area contributed by atoms with Crippen molar-refractivity contribution in [2.24, 2.45) is 0 Å². The van der Waals surface area contributed by atoms with E-state index in [4.69, 9.17) is 9.15 Å². The van der Waals surface area contributed by atoms with Crippen molar-refractivity contribution in [3.63, 3.8) is 0 Å². The summed E-state index contributed by atoms with van der Waals surface area (Å²) < 4.78 is 11.3. The highest BCUT2D eigenvalue weighted by atomic mass is 16.5. The number of methoxy groups -OCH3 is 1. The van der Waals surface area contributed by atoms with E-state index < -0.39 is 11.7 Å². The Balaban J connectivity index is 1.28. The number of aryl methyl sites for hydroxylation is 2. The number of Topliss-reactive ketones (excluding diaryl/α,β-unsaturated/α-hetero) is 1. The summed E-state index contributed by atoms with van der Waals surface area (Å²) in [5.74, 6) is 0.165. The number of amides is 1. The van der Waals surface area contributed by atoms with Crippen molar-refractivity contribution >= 4 is 28.2 Å². The van der Waals surface area contributed by atoms with Crippen LogP contribution in [0.2, 0.25) is 0 Å². The zero-order valence-corrected chi connectivity index (χ0v) is 22.3. The molecule has 1 fully saturated rings. The van der Waals surface area contributed by atoms with Gasteiger partial charge < -0.3 is 19.0 Å². The number of likely N-dealkylation sites (tertiary alicyclic amines) is 1. The molecule has 5 aromatic rings. The van der Waals surface area contributed by atoms with E-state index in [9.17, 15) is 9.59 Å². The second-order valence-electron chi connectivity index (χ2n) is 9.66. The monoisotopic (exact) mass is 537 g/mol. The van der Waals surface area contributed by atoms with Crippen molar-refractivity contribution in [2.75, 3.05) is 20.2 Å². The first-order valence-corrected chi connectivity index (χ1v) is 12.9. The van der Waals surface area contributed by atoms with Crippen molar-refractivity contribution in [2.45, 2.75) is 26.7 Å². The van der Waals surface area contributed by atoms with Crippen LogP contribution in [0.5, 0.6) is 5.75 Å². The van der Waals surface area contributed by atoms with Crippen LogP contribution < -0.4 is 4.74 Å². The number of aromatic amines is 2. The van der Waals surface area contributed by atoms with Gasteiger partial charge in [0.1, 0.15) is 17.1 Å². The lowest BCUT2D eigenvalue weighted by atomic mass is 9.92. The van der Waals surface area contributed by atoms with Crippen LogP contribution in [0.15, 0.2) is 58.8 Å². The van der Waals surface area contributed by atoms with Crippen molar-refractivity contribution in [1.82, 2.24) is 35.3 Å². The molecule has 11 heteroatoms. The van der Waals surface area contributed by atoms with Crippen LogP contribution in [-0.2, 0) is 4.79 Å². The molecule has 1 aliphatic rings. The van der Waals surface area contributed by atoms with E-state index in [2.05, 4.69) is 30.4 Å². The number of benzene rings is 1. The molecule has 1 aliphatic heterocycles. The van der Waals surface area contributed by atoms with Gasteiger partial charge in [0.05, 0.1) is 29.8 Å². The number of H-pyrrole nitrogens is 2. The zero-order chi connectivity index (χ0) is 27.8. The molecule has 1 amide bonds. The molecule has 6 rings (SSSR count). The minimum atomic E-state index is -0.608. The number of carbonyl (C=O) groups is 2. The van der Waals surface area contributed by atoms with Crippen LogP contribution in [0.1, 0.15) is 46.2 Å². The molecule has 4 aromatic heterocycles. The molecule has 40 heavy (non-hydrogen) atoms.